The molecule has 0 saturated carbocycles. The molecule has 2 N–H and O–H groups in total. The topological polar surface area (TPSA) is 132 Å². The van der Waals surface area contributed by atoms with Crippen LogP contribution in [0, 0.1) is 11.3 Å². The van der Waals surface area contributed by atoms with Gasteiger partial charge in [0.25, 0.3) is 0 Å². The number of esters is 3. The summed E-state index contributed by atoms with van der Waals surface area (Å²) in [5.74, 6) is -3.39. The van der Waals surface area contributed by atoms with Crippen LogP contribution in [-0.4, -0.2) is 38.7 Å². The lowest BCUT2D eigenvalue weighted by molar-refractivity contribution is -0.139. The number of methoxy groups -OCH3 is 2. The molecule has 0 aromatic heterocycles. The van der Waals surface area contributed by atoms with Gasteiger partial charge in [-0.3, -0.25) is 4.90 Å². The van der Waals surface area contributed by atoms with Crippen LogP contribution in [-0.2, 0) is 23.8 Å². The van der Waals surface area contributed by atoms with Gasteiger partial charge in [-0.2, -0.15) is 5.26 Å². The Kier molecular flexibility index (Phi) is 8.55. The van der Waals surface area contributed by atoms with Crippen LogP contribution in [0.25, 0.3) is 0 Å². The van der Waals surface area contributed by atoms with Crippen LogP contribution in [0.15, 0.2) is 74.1 Å². The van der Waals surface area contributed by atoms with Gasteiger partial charge in [-0.15, -0.1) is 0 Å². The molecule has 9 nitrogen and oxygen atoms in total. The third-order valence-corrected chi connectivity index (χ3v) is 6.57. The van der Waals surface area contributed by atoms with Gasteiger partial charge < -0.3 is 19.9 Å². The summed E-state index contributed by atoms with van der Waals surface area (Å²) in [5.41, 5.74) is 7.19. The summed E-state index contributed by atoms with van der Waals surface area (Å²) in [4.78, 5) is 39.9. The summed E-state index contributed by atoms with van der Waals surface area (Å²) >= 11 is 6.85. The van der Waals surface area contributed by atoms with E-state index >= 15 is 0 Å². The Labute approximate surface area is 224 Å². The van der Waals surface area contributed by atoms with Crippen LogP contribution in [0.3, 0.4) is 0 Å². The number of halogens is 2. The van der Waals surface area contributed by atoms with E-state index < -0.39 is 23.8 Å². The number of nitriles is 1. The molecule has 0 fully saturated rings. The molecule has 2 aromatic rings. The maximum Gasteiger partial charge on any atom is 0.355 e. The van der Waals surface area contributed by atoms with Crippen molar-refractivity contribution in [1.29, 1.82) is 5.26 Å². The molecule has 186 valence electrons. The van der Waals surface area contributed by atoms with E-state index in [0.717, 1.165) is 7.11 Å². The van der Waals surface area contributed by atoms with E-state index in [1.165, 1.54) is 24.1 Å². The Bertz CT molecular complexity index is 1310. The van der Waals surface area contributed by atoms with Crippen LogP contribution in [0.4, 0.5) is 5.69 Å². The molecule has 0 aliphatic carbocycles. The van der Waals surface area contributed by atoms with Crippen molar-refractivity contribution < 1.29 is 28.6 Å². The minimum atomic E-state index is -0.995. The summed E-state index contributed by atoms with van der Waals surface area (Å²) < 4.78 is 15.8. The number of nitrogens with two attached hydrogens (primary N) is 1. The van der Waals surface area contributed by atoms with Gasteiger partial charge in [0.05, 0.1) is 55.2 Å². The van der Waals surface area contributed by atoms with E-state index in [4.69, 9.17) is 19.9 Å². The van der Waals surface area contributed by atoms with Crippen LogP contribution in [0.5, 0.6) is 0 Å². The molecule has 1 unspecified atom stereocenters. The Morgan fingerprint density at radius 2 is 1.61 bits per heavy atom. The van der Waals surface area contributed by atoms with Crippen LogP contribution >= 0.6 is 31.9 Å². The maximum atomic E-state index is 13.2. The zero-order chi connectivity index (χ0) is 26.6. The fourth-order valence-corrected chi connectivity index (χ4v) is 5.40. The maximum absolute atomic E-state index is 13.2. The van der Waals surface area contributed by atoms with E-state index in [-0.39, 0.29) is 40.5 Å². The summed E-state index contributed by atoms with van der Waals surface area (Å²) in [6.07, 6.45) is 0. The highest BCUT2D eigenvalue weighted by Crippen LogP contribution is 2.47. The highest BCUT2D eigenvalue weighted by atomic mass is 79.9. The lowest BCUT2D eigenvalue weighted by Gasteiger charge is -2.36. The Morgan fingerprint density at radius 3 is 2.11 bits per heavy atom. The largest absolute Gasteiger partial charge is 0.466 e. The lowest BCUT2D eigenvalue weighted by atomic mass is 9.81. The fourth-order valence-electron chi connectivity index (χ4n) is 3.86. The molecule has 0 saturated heterocycles. The highest BCUT2D eigenvalue weighted by Gasteiger charge is 2.44. The number of carbonyl (C=O) groups excluding carboxylic acids is 3. The molecule has 36 heavy (non-hydrogen) atoms. The van der Waals surface area contributed by atoms with Crippen molar-refractivity contribution in [3.8, 4) is 6.07 Å². The molecular formula is C25H21Br2N3O6. The van der Waals surface area contributed by atoms with Crippen molar-refractivity contribution >= 4 is 55.5 Å². The molecule has 0 amide bonds. The van der Waals surface area contributed by atoms with Gasteiger partial charge in [0.15, 0.2) is 0 Å². The second-order valence-electron chi connectivity index (χ2n) is 7.34. The van der Waals surface area contributed by atoms with Crippen LogP contribution in [0.2, 0.25) is 0 Å². The molecule has 2 aromatic carbocycles. The monoisotopic (exact) mass is 617 g/mol. The molecule has 3 rings (SSSR count). The van der Waals surface area contributed by atoms with Crippen molar-refractivity contribution in [3.63, 3.8) is 0 Å². The van der Waals surface area contributed by atoms with Crippen molar-refractivity contribution in [3.05, 3.63) is 85.2 Å². The molecular weight excluding hydrogens is 598 g/mol. The summed E-state index contributed by atoms with van der Waals surface area (Å²) in [7, 11) is 2.33. The molecule has 1 heterocycles. The minimum Gasteiger partial charge on any atom is -0.466 e. The number of benzene rings is 2. The SMILES string of the molecule is CCOC(=O)c1cc(Br)c(N2C(N)=C(C#N)C(c3ccccc3)C(C(=O)OC)=C2C(=O)OC)c(Br)c1. The predicted octanol–water partition coefficient (Wildman–Crippen LogP) is 4.29. The number of ether oxygens (including phenoxy) is 3. The number of hydrogen-bond acceptors (Lipinski definition) is 9. The molecule has 1 aliphatic rings. The van der Waals surface area contributed by atoms with Gasteiger partial charge in [0.1, 0.15) is 11.5 Å². The van der Waals surface area contributed by atoms with Gasteiger partial charge >= 0.3 is 17.9 Å². The first kappa shape index (κ1) is 27.0. The van der Waals surface area contributed by atoms with Crippen LogP contribution < -0.4 is 10.6 Å². The van der Waals surface area contributed by atoms with Gasteiger partial charge in [0, 0.05) is 8.95 Å². The van der Waals surface area contributed by atoms with Gasteiger partial charge in [-0.25, -0.2) is 14.4 Å². The van der Waals surface area contributed by atoms with Crippen molar-refractivity contribution in [2.75, 3.05) is 25.7 Å². The molecule has 0 bridgehead atoms. The molecule has 1 aliphatic heterocycles. The van der Waals surface area contributed by atoms with Crippen molar-refractivity contribution in [2.45, 2.75) is 12.8 Å². The number of nitrogens with zero attached hydrogens (tertiary/aromatic N) is 2. The summed E-state index contributed by atoms with van der Waals surface area (Å²) in [6.45, 7) is 1.87. The molecule has 1 atom stereocenters. The quantitative estimate of drug-likeness (QED) is 0.372. The lowest BCUT2D eigenvalue weighted by Crippen LogP contribution is -2.41. The molecule has 0 spiro atoms. The average Bonchev–Trinajstić information content (AvgIpc) is 2.88. The number of carbonyl (C=O) groups is 3. The van der Waals surface area contributed by atoms with E-state index in [1.54, 1.807) is 37.3 Å². The normalized spacial score (nSPS) is 15.3. The van der Waals surface area contributed by atoms with Crippen LogP contribution in [0.1, 0.15) is 28.8 Å². The standard InChI is InChI=1S/C25H21Br2N3O6/c1-4-36-23(31)14-10-16(26)20(17(27)11-14)30-21(25(33)35-3)19(24(32)34-2)18(15(12-28)22(30)29)13-8-6-5-7-9-13/h5-11,18H,4,29H2,1-3H3. The van der Waals surface area contributed by atoms with E-state index in [1.807, 2.05) is 0 Å². The smallest absolute Gasteiger partial charge is 0.355 e. The number of rotatable bonds is 6. The van der Waals surface area contributed by atoms with Crippen molar-refractivity contribution in [1.82, 2.24) is 0 Å². The minimum absolute atomic E-state index is 0.0162. The Balaban J connectivity index is 2.41. The van der Waals surface area contributed by atoms with E-state index in [2.05, 4.69) is 37.9 Å². The highest BCUT2D eigenvalue weighted by molar-refractivity contribution is 9.11. The first-order valence-corrected chi connectivity index (χ1v) is 12.1. The number of anilines is 1. The molecule has 11 heteroatoms. The van der Waals surface area contributed by atoms with E-state index in [0.29, 0.717) is 14.5 Å². The number of allylic oxidation sites excluding steroid dienone is 1. The second-order valence-corrected chi connectivity index (χ2v) is 9.05. The first-order valence-electron chi connectivity index (χ1n) is 10.5. The zero-order valence-electron chi connectivity index (χ0n) is 19.5. The van der Waals surface area contributed by atoms with Gasteiger partial charge in [-0.05, 0) is 56.5 Å². The fraction of sp³-hybridized carbons (Fsp3) is 0.200. The van der Waals surface area contributed by atoms with E-state index in [9.17, 15) is 19.6 Å². The van der Waals surface area contributed by atoms with Crippen molar-refractivity contribution in [2.24, 2.45) is 5.73 Å². The second kappa shape index (κ2) is 11.4. The predicted molar refractivity (Wildman–Crippen MR) is 137 cm³/mol. The number of hydrogen-bond donors (Lipinski definition) is 1. The summed E-state index contributed by atoms with van der Waals surface area (Å²) in [6, 6.07) is 13.7. The van der Waals surface area contributed by atoms with Gasteiger partial charge in [-0.1, -0.05) is 30.3 Å². The summed E-state index contributed by atoms with van der Waals surface area (Å²) in [5, 5.41) is 10.1. The first-order chi connectivity index (χ1) is 17.2. The Hall–Kier alpha value is -3.62. The van der Waals surface area contributed by atoms with Gasteiger partial charge in [0.2, 0.25) is 0 Å². The zero-order valence-corrected chi connectivity index (χ0v) is 22.7. The average molecular weight is 619 g/mol. The third kappa shape index (κ3) is 4.87. The Morgan fingerprint density at radius 1 is 1.03 bits per heavy atom. The molecule has 0 radical (unpaired) electrons. The third-order valence-electron chi connectivity index (χ3n) is 5.36.